The summed E-state index contributed by atoms with van der Waals surface area (Å²) in [6.07, 6.45) is 3.47. The van der Waals surface area contributed by atoms with Crippen molar-refractivity contribution in [2.24, 2.45) is 5.73 Å². The molecule has 2 N–H and O–H groups in total. The van der Waals surface area contributed by atoms with E-state index < -0.39 is 9.84 Å². The first-order chi connectivity index (χ1) is 7.87. The van der Waals surface area contributed by atoms with Crippen LogP contribution in [0.3, 0.4) is 0 Å². The molecule has 0 aliphatic carbocycles. The van der Waals surface area contributed by atoms with Crippen molar-refractivity contribution in [2.45, 2.75) is 32.2 Å². The monoisotopic (exact) mass is 255 g/mol. The summed E-state index contributed by atoms with van der Waals surface area (Å²) in [5.74, 6) is 0.231. The number of hydrogen-bond acceptors (Lipinski definition) is 3. The Labute approximate surface area is 104 Å². The number of sulfone groups is 1. The van der Waals surface area contributed by atoms with Crippen LogP contribution in [0.2, 0.25) is 0 Å². The average molecular weight is 255 g/mol. The number of aryl methyl sites for hydroxylation is 1. The lowest BCUT2D eigenvalue weighted by atomic mass is 10.0. The Hall–Kier alpha value is -0.870. The minimum Gasteiger partial charge on any atom is -0.327 e. The second kappa shape index (κ2) is 6.17. The Kier molecular flexibility index (Phi) is 5.15. The largest absolute Gasteiger partial charge is 0.327 e. The van der Waals surface area contributed by atoms with Crippen molar-refractivity contribution in [3.05, 3.63) is 35.4 Å². The van der Waals surface area contributed by atoms with Gasteiger partial charge in [0.25, 0.3) is 0 Å². The fraction of sp³-hybridized carbons (Fsp3) is 0.538. The molecule has 0 saturated heterocycles. The Morgan fingerprint density at radius 1 is 1.24 bits per heavy atom. The van der Waals surface area contributed by atoms with Crippen LogP contribution in [0.25, 0.3) is 0 Å². The maximum absolute atomic E-state index is 11.0. The summed E-state index contributed by atoms with van der Waals surface area (Å²) in [5.41, 5.74) is 8.42. The molecule has 1 atom stereocenters. The average Bonchev–Trinajstić information content (AvgIpc) is 2.19. The van der Waals surface area contributed by atoms with Gasteiger partial charge < -0.3 is 5.73 Å². The summed E-state index contributed by atoms with van der Waals surface area (Å²) in [7, 11) is -2.85. The standard InChI is InChI=1S/C13H21NO2S/c1-11-5-7-12(8-6-11)10-13(14)4-3-9-17(2,15)16/h5-8,13H,3-4,9-10,14H2,1-2H3. The summed E-state index contributed by atoms with van der Waals surface area (Å²) in [6, 6.07) is 8.33. The van der Waals surface area contributed by atoms with E-state index in [1.165, 1.54) is 17.4 Å². The SMILES string of the molecule is Cc1ccc(CC(N)CCCS(C)(=O)=O)cc1. The Bertz CT molecular complexity index is 437. The van der Waals surface area contributed by atoms with Crippen LogP contribution in [0.1, 0.15) is 24.0 Å². The molecule has 0 radical (unpaired) electrons. The first-order valence-corrected chi connectivity index (χ1v) is 7.92. The van der Waals surface area contributed by atoms with Crippen molar-refractivity contribution in [1.29, 1.82) is 0 Å². The lowest BCUT2D eigenvalue weighted by molar-refractivity contribution is 0.577. The van der Waals surface area contributed by atoms with E-state index >= 15 is 0 Å². The van der Waals surface area contributed by atoms with E-state index in [0.717, 1.165) is 12.8 Å². The van der Waals surface area contributed by atoms with E-state index in [2.05, 4.69) is 31.2 Å². The van der Waals surface area contributed by atoms with Crippen LogP contribution in [-0.2, 0) is 16.3 Å². The second-order valence-corrected chi connectivity index (χ2v) is 6.98. The first-order valence-electron chi connectivity index (χ1n) is 5.86. The third-order valence-corrected chi connectivity index (χ3v) is 3.74. The Balaban J connectivity index is 2.34. The number of nitrogens with two attached hydrogens (primary N) is 1. The molecule has 17 heavy (non-hydrogen) atoms. The number of benzene rings is 1. The molecule has 0 aliphatic rings. The molecule has 0 heterocycles. The van der Waals surface area contributed by atoms with Crippen LogP contribution < -0.4 is 5.73 Å². The maximum atomic E-state index is 11.0. The van der Waals surface area contributed by atoms with Crippen LogP contribution in [0.15, 0.2) is 24.3 Å². The zero-order valence-corrected chi connectivity index (χ0v) is 11.3. The Morgan fingerprint density at radius 3 is 2.35 bits per heavy atom. The summed E-state index contributed by atoms with van der Waals surface area (Å²) in [4.78, 5) is 0. The molecule has 0 bridgehead atoms. The highest BCUT2D eigenvalue weighted by Crippen LogP contribution is 2.08. The van der Waals surface area contributed by atoms with Gasteiger partial charge in [-0.25, -0.2) is 8.42 Å². The van der Waals surface area contributed by atoms with E-state index in [9.17, 15) is 8.42 Å². The number of rotatable bonds is 6. The molecular formula is C13H21NO2S. The minimum absolute atomic E-state index is 0.0412. The summed E-state index contributed by atoms with van der Waals surface area (Å²) in [5, 5.41) is 0. The summed E-state index contributed by atoms with van der Waals surface area (Å²) >= 11 is 0. The molecule has 0 aliphatic heterocycles. The lowest BCUT2D eigenvalue weighted by Gasteiger charge is -2.11. The van der Waals surface area contributed by atoms with Crippen molar-refractivity contribution < 1.29 is 8.42 Å². The predicted molar refractivity (Wildman–Crippen MR) is 71.8 cm³/mol. The zero-order valence-electron chi connectivity index (χ0n) is 10.5. The van der Waals surface area contributed by atoms with Crippen LogP contribution in [0.5, 0.6) is 0 Å². The van der Waals surface area contributed by atoms with E-state index in [0.29, 0.717) is 6.42 Å². The number of hydrogen-bond donors (Lipinski definition) is 1. The van der Waals surface area contributed by atoms with Gasteiger partial charge >= 0.3 is 0 Å². The molecule has 1 rings (SSSR count). The van der Waals surface area contributed by atoms with Gasteiger partial charge in [0.15, 0.2) is 0 Å². The van der Waals surface area contributed by atoms with Gasteiger partial charge in [0, 0.05) is 18.1 Å². The van der Waals surface area contributed by atoms with Gasteiger partial charge in [0.1, 0.15) is 9.84 Å². The van der Waals surface area contributed by atoms with Gasteiger partial charge in [-0.15, -0.1) is 0 Å². The molecular weight excluding hydrogens is 234 g/mol. The quantitative estimate of drug-likeness (QED) is 0.841. The molecule has 0 amide bonds. The smallest absolute Gasteiger partial charge is 0.147 e. The molecule has 3 nitrogen and oxygen atoms in total. The van der Waals surface area contributed by atoms with Gasteiger partial charge in [-0.2, -0.15) is 0 Å². The van der Waals surface area contributed by atoms with Gasteiger partial charge in [0.05, 0.1) is 0 Å². The first kappa shape index (κ1) is 14.2. The summed E-state index contributed by atoms with van der Waals surface area (Å²) < 4.78 is 21.9. The van der Waals surface area contributed by atoms with Crippen molar-refractivity contribution in [1.82, 2.24) is 0 Å². The fourth-order valence-corrected chi connectivity index (χ4v) is 2.43. The van der Waals surface area contributed by atoms with Crippen molar-refractivity contribution in [2.75, 3.05) is 12.0 Å². The van der Waals surface area contributed by atoms with E-state index in [4.69, 9.17) is 5.73 Å². The van der Waals surface area contributed by atoms with E-state index in [-0.39, 0.29) is 11.8 Å². The topological polar surface area (TPSA) is 60.2 Å². The van der Waals surface area contributed by atoms with Crippen molar-refractivity contribution in [3.8, 4) is 0 Å². The van der Waals surface area contributed by atoms with Gasteiger partial charge in [0.2, 0.25) is 0 Å². The zero-order chi connectivity index (χ0) is 12.9. The van der Waals surface area contributed by atoms with Crippen LogP contribution >= 0.6 is 0 Å². The molecule has 0 fully saturated rings. The van der Waals surface area contributed by atoms with Crippen molar-refractivity contribution >= 4 is 9.84 Å². The third kappa shape index (κ3) is 6.44. The molecule has 1 aromatic carbocycles. The molecule has 96 valence electrons. The predicted octanol–water partition coefficient (Wildman–Crippen LogP) is 1.69. The van der Waals surface area contributed by atoms with Gasteiger partial charge in [-0.05, 0) is 31.7 Å². The van der Waals surface area contributed by atoms with Gasteiger partial charge in [-0.3, -0.25) is 0 Å². The second-order valence-electron chi connectivity index (χ2n) is 4.72. The lowest BCUT2D eigenvalue weighted by Crippen LogP contribution is -2.23. The fourth-order valence-electron chi connectivity index (χ4n) is 1.74. The highest BCUT2D eigenvalue weighted by molar-refractivity contribution is 7.90. The normalized spacial score (nSPS) is 13.6. The van der Waals surface area contributed by atoms with Crippen LogP contribution in [0, 0.1) is 6.92 Å². The third-order valence-electron chi connectivity index (χ3n) is 2.71. The highest BCUT2D eigenvalue weighted by atomic mass is 32.2. The molecule has 4 heteroatoms. The van der Waals surface area contributed by atoms with Gasteiger partial charge in [-0.1, -0.05) is 29.8 Å². The van der Waals surface area contributed by atoms with Crippen molar-refractivity contribution in [3.63, 3.8) is 0 Å². The summed E-state index contributed by atoms with van der Waals surface area (Å²) in [6.45, 7) is 2.05. The minimum atomic E-state index is -2.85. The molecule has 0 saturated carbocycles. The van der Waals surface area contributed by atoms with E-state index in [1.54, 1.807) is 0 Å². The molecule has 0 aromatic heterocycles. The molecule has 0 spiro atoms. The maximum Gasteiger partial charge on any atom is 0.147 e. The molecule has 1 unspecified atom stereocenters. The van der Waals surface area contributed by atoms with E-state index in [1.807, 2.05) is 0 Å². The molecule has 1 aromatic rings. The Morgan fingerprint density at radius 2 is 1.82 bits per heavy atom. The highest BCUT2D eigenvalue weighted by Gasteiger charge is 2.07. The van der Waals surface area contributed by atoms with Crippen LogP contribution in [-0.4, -0.2) is 26.5 Å². The van der Waals surface area contributed by atoms with Crippen LogP contribution in [0.4, 0.5) is 0 Å².